The lowest BCUT2D eigenvalue weighted by molar-refractivity contribution is -0.105. The van der Waals surface area contributed by atoms with E-state index in [9.17, 15) is 9.18 Å². The smallest absolute Gasteiger partial charge is 0.231 e. The zero-order chi connectivity index (χ0) is 18.1. The lowest BCUT2D eigenvalue weighted by atomic mass is 10.1. The normalized spacial score (nSPS) is 12.2. The van der Waals surface area contributed by atoms with Gasteiger partial charge in [-0.2, -0.15) is 0 Å². The van der Waals surface area contributed by atoms with Crippen molar-refractivity contribution in [3.8, 4) is 22.8 Å². The topological polar surface area (TPSA) is 52.5 Å². The van der Waals surface area contributed by atoms with Crippen LogP contribution in [0.4, 0.5) is 10.1 Å². The third-order valence-corrected chi connectivity index (χ3v) is 4.50. The Kier molecular flexibility index (Phi) is 4.08. The molecule has 1 N–H and O–H groups in total. The van der Waals surface area contributed by atoms with Crippen molar-refractivity contribution >= 4 is 12.1 Å². The van der Waals surface area contributed by atoms with Gasteiger partial charge in [-0.05, 0) is 60.5 Å². The van der Waals surface area contributed by atoms with Gasteiger partial charge in [0.2, 0.25) is 13.2 Å². The molecule has 2 heterocycles. The van der Waals surface area contributed by atoms with E-state index in [2.05, 4.69) is 9.88 Å². The molecule has 0 spiro atoms. The number of anilines is 1. The Bertz CT molecular complexity index is 964. The van der Waals surface area contributed by atoms with E-state index in [1.165, 1.54) is 12.1 Å². The maximum absolute atomic E-state index is 13.3. The lowest BCUT2D eigenvalue weighted by Gasteiger charge is -2.13. The number of hydrogen-bond donors (Lipinski definition) is 1. The molecule has 0 fully saturated rings. The number of amides is 1. The lowest BCUT2D eigenvalue weighted by Crippen LogP contribution is -2.05. The Balaban J connectivity index is 1.76. The minimum absolute atomic E-state index is 0.232. The second kappa shape index (κ2) is 6.55. The number of nitrogens with one attached hydrogen (secondary N) is 1. The molecule has 4 rings (SSSR count). The van der Waals surface area contributed by atoms with Crippen molar-refractivity contribution in [2.24, 2.45) is 0 Å². The molecule has 0 radical (unpaired) electrons. The summed E-state index contributed by atoms with van der Waals surface area (Å²) in [5, 5.41) is 2.73. The van der Waals surface area contributed by atoms with Gasteiger partial charge in [-0.15, -0.1) is 0 Å². The van der Waals surface area contributed by atoms with Crippen molar-refractivity contribution in [3.05, 3.63) is 65.6 Å². The van der Waals surface area contributed by atoms with Gasteiger partial charge in [-0.25, -0.2) is 4.39 Å². The number of carbonyl (C=O) groups is 1. The number of carbonyl (C=O) groups excluding carboxylic acids is 1. The van der Waals surface area contributed by atoms with Crippen LogP contribution in [0.2, 0.25) is 0 Å². The number of ether oxygens (including phenoxy) is 2. The first-order chi connectivity index (χ1) is 12.7. The molecule has 1 aromatic heterocycles. The molecule has 6 heteroatoms. The Morgan fingerprint density at radius 1 is 1.12 bits per heavy atom. The van der Waals surface area contributed by atoms with Crippen LogP contribution in [-0.2, 0) is 11.3 Å². The molecular weight excluding hydrogens is 335 g/mol. The van der Waals surface area contributed by atoms with Crippen molar-refractivity contribution in [1.29, 1.82) is 0 Å². The maximum atomic E-state index is 13.3. The highest BCUT2D eigenvalue weighted by molar-refractivity contribution is 5.78. The highest BCUT2D eigenvalue weighted by atomic mass is 19.1. The first-order valence-electron chi connectivity index (χ1n) is 8.20. The molecule has 5 nitrogen and oxygen atoms in total. The van der Waals surface area contributed by atoms with Gasteiger partial charge in [0.1, 0.15) is 5.82 Å². The minimum atomic E-state index is -0.286. The van der Waals surface area contributed by atoms with E-state index < -0.39 is 0 Å². The summed E-state index contributed by atoms with van der Waals surface area (Å²) < 4.78 is 26.2. The zero-order valence-corrected chi connectivity index (χ0v) is 14.2. The first-order valence-corrected chi connectivity index (χ1v) is 8.20. The van der Waals surface area contributed by atoms with Crippen LogP contribution < -0.4 is 14.8 Å². The summed E-state index contributed by atoms with van der Waals surface area (Å²) in [5.41, 5.74) is 4.43. The van der Waals surface area contributed by atoms with Crippen LogP contribution in [0.15, 0.2) is 48.5 Å². The predicted molar refractivity (Wildman–Crippen MR) is 95.9 cm³/mol. The SMILES string of the molecule is Cc1c(NC=O)cc(-c2ccc(F)cc2)n1Cc1ccc2c(c1)OCO2. The zero-order valence-electron chi connectivity index (χ0n) is 14.2. The standard InChI is InChI=1S/C20H17FN2O3/c1-13-17(22-11-24)9-18(15-3-5-16(21)6-4-15)23(13)10-14-2-7-19-20(8-14)26-12-25-19/h2-9,11H,10,12H2,1H3,(H,22,24). The molecule has 1 aliphatic heterocycles. The first kappa shape index (κ1) is 16.2. The molecule has 0 unspecified atom stereocenters. The van der Waals surface area contributed by atoms with Gasteiger partial charge in [-0.3, -0.25) is 4.79 Å². The molecule has 26 heavy (non-hydrogen) atoms. The van der Waals surface area contributed by atoms with Crippen molar-refractivity contribution < 1.29 is 18.7 Å². The third-order valence-electron chi connectivity index (χ3n) is 4.50. The van der Waals surface area contributed by atoms with Gasteiger partial charge >= 0.3 is 0 Å². The Labute approximate surface area is 150 Å². The van der Waals surface area contributed by atoms with Gasteiger partial charge in [0.25, 0.3) is 0 Å². The van der Waals surface area contributed by atoms with Crippen molar-refractivity contribution in [2.75, 3.05) is 12.1 Å². The fourth-order valence-corrected chi connectivity index (χ4v) is 3.14. The molecule has 0 saturated heterocycles. The number of hydrogen-bond acceptors (Lipinski definition) is 3. The molecule has 0 aliphatic carbocycles. The van der Waals surface area contributed by atoms with Crippen LogP contribution in [0.1, 0.15) is 11.3 Å². The average Bonchev–Trinajstić information content (AvgIpc) is 3.22. The quantitative estimate of drug-likeness (QED) is 0.708. The van der Waals surface area contributed by atoms with Crippen molar-refractivity contribution in [3.63, 3.8) is 0 Å². The van der Waals surface area contributed by atoms with Gasteiger partial charge in [0.15, 0.2) is 11.5 Å². The van der Waals surface area contributed by atoms with E-state index in [-0.39, 0.29) is 12.6 Å². The summed E-state index contributed by atoms with van der Waals surface area (Å²) >= 11 is 0. The molecule has 3 aromatic rings. The van der Waals surface area contributed by atoms with E-state index in [0.29, 0.717) is 13.0 Å². The number of nitrogens with zero attached hydrogens (tertiary/aromatic N) is 1. The fraction of sp³-hybridized carbons (Fsp3) is 0.150. The summed E-state index contributed by atoms with van der Waals surface area (Å²) in [6.45, 7) is 2.75. The second-order valence-corrected chi connectivity index (χ2v) is 6.07. The molecule has 0 bridgehead atoms. The van der Waals surface area contributed by atoms with E-state index >= 15 is 0 Å². The Morgan fingerprint density at radius 3 is 2.65 bits per heavy atom. The Morgan fingerprint density at radius 2 is 1.88 bits per heavy atom. The fourth-order valence-electron chi connectivity index (χ4n) is 3.14. The summed E-state index contributed by atoms with van der Waals surface area (Å²) in [6.07, 6.45) is 0.654. The third kappa shape index (κ3) is 2.90. The van der Waals surface area contributed by atoms with Gasteiger partial charge in [-0.1, -0.05) is 6.07 Å². The summed E-state index contributed by atoms with van der Waals surface area (Å²) in [6, 6.07) is 14.0. The molecule has 1 amide bonds. The summed E-state index contributed by atoms with van der Waals surface area (Å²) in [7, 11) is 0. The van der Waals surface area contributed by atoms with Crippen LogP contribution in [0.3, 0.4) is 0 Å². The largest absolute Gasteiger partial charge is 0.454 e. The van der Waals surface area contributed by atoms with Crippen molar-refractivity contribution in [2.45, 2.75) is 13.5 Å². The number of aromatic nitrogens is 1. The van der Waals surface area contributed by atoms with Gasteiger partial charge in [0, 0.05) is 12.2 Å². The number of fused-ring (bicyclic) bond motifs is 1. The number of benzene rings is 2. The van der Waals surface area contributed by atoms with Crippen molar-refractivity contribution in [1.82, 2.24) is 4.57 Å². The van der Waals surface area contributed by atoms with E-state index in [0.717, 1.165) is 39.7 Å². The van der Waals surface area contributed by atoms with Crippen LogP contribution in [-0.4, -0.2) is 17.8 Å². The van der Waals surface area contributed by atoms with Crippen LogP contribution in [0.5, 0.6) is 11.5 Å². The van der Waals surface area contributed by atoms with E-state index in [1.807, 2.05) is 31.2 Å². The van der Waals surface area contributed by atoms with Crippen LogP contribution >= 0.6 is 0 Å². The summed E-state index contributed by atoms with van der Waals surface area (Å²) in [5.74, 6) is 1.17. The van der Waals surface area contributed by atoms with E-state index in [4.69, 9.17) is 9.47 Å². The van der Waals surface area contributed by atoms with E-state index in [1.54, 1.807) is 12.1 Å². The molecule has 1 aliphatic rings. The van der Waals surface area contributed by atoms with Crippen LogP contribution in [0, 0.1) is 12.7 Å². The van der Waals surface area contributed by atoms with Gasteiger partial charge in [0.05, 0.1) is 11.4 Å². The van der Waals surface area contributed by atoms with Gasteiger partial charge < -0.3 is 19.4 Å². The maximum Gasteiger partial charge on any atom is 0.231 e. The number of rotatable bonds is 5. The highest BCUT2D eigenvalue weighted by Crippen LogP contribution is 2.34. The highest BCUT2D eigenvalue weighted by Gasteiger charge is 2.17. The second-order valence-electron chi connectivity index (χ2n) is 6.07. The molecule has 0 atom stereocenters. The molecule has 2 aromatic carbocycles. The molecular formula is C20H17FN2O3. The monoisotopic (exact) mass is 352 g/mol. The Hall–Kier alpha value is -3.28. The molecule has 0 saturated carbocycles. The molecule has 132 valence electrons. The average molecular weight is 352 g/mol. The van der Waals surface area contributed by atoms with Crippen LogP contribution in [0.25, 0.3) is 11.3 Å². The minimum Gasteiger partial charge on any atom is -0.454 e. The predicted octanol–water partition coefficient (Wildman–Crippen LogP) is 3.95. The number of halogens is 1. The summed E-state index contributed by atoms with van der Waals surface area (Å²) in [4.78, 5) is 10.9.